The van der Waals surface area contributed by atoms with E-state index in [0.29, 0.717) is 12.8 Å². The predicted octanol–water partition coefficient (Wildman–Crippen LogP) is 2.28. The topological polar surface area (TPSA) is 90.9 Å². The second kappa shape index (κ2) is 8.60. The smallest absolute Gasteiger partial charge is 0.410 e. The van der Waals surface area contributed by atoms with Gasteiger partial charge < -0.3 is 19.5 Å². The molecule has 1 saturated carbocycles. The van der Waals surface area contributed by atoms with Crippen molar-refractivity contribution in [2.75, 3.05) is 6.54 Å². The minimum Gasteiger partial charge on any atom is -0.457 e. The number of hydrogen-bond donors (Lipinski definition) is 1. The fourth-order valence-corrected chi connectivity index (χ4v) is 2.53. The number of carbonyl (C=O) groups is 3. The van der Waals surface area contributed by atoms with Crippen LogP contribution < -0.4 is 5.32 Å². The second-order valence-corrected chi connectivity index (χ2v) is 5.51. The standard InChI is InChI=1S/C15H25NO6/c1-4-13(18)20-12(3)21-14(19)16-10-15(22-11(2)17)8-6-5-7-9-15/h12H,4-10H2,1-3H3,(H,16,19). The maximum Gasteiger partial charge on any atom is 0.410 e. The molecule has 1 N–H and O–H groups in total. The Balaban J connectivity index is 2.45. The molecule has 1 atom stereocenters. The summed E-state index contributed by atoms with van der Waals surface area (Å²) in [6.45, 7) is 4.68. The van der Waals surface area contributed by atoms with E-state index in [1.165, 1.54) is 13.8 Å². The summed E-state index contributed by atoms with van der Waals surface area (Å²) in [6, 6.07) is 0. The third kappa shape index (κ3) is 6.32. The van der Waals surface area contributed by atoms with Crippen molar-refractivity contribution in [3.05, 3.63) is 0 Å². The lowest BCUT2D eigenvalue weighted by atomic mass is 9.84. The van der Waals surface area contributed by atoms with Gasteiger partial charge in [-0.15, -0.1) is 0 Å². The molecule has 7 nitrogen and oxygen atoms in total. The summed E-state index contributed by atoms with van der Waals surface area (Å²) < 4.78 is 15.2. The minimum absolute atomic E-state index is 0.194. The van der Waals surface area contributed by atoms with Gasteiger partial charge in [-0.1, -0.05) is 13.3 Å². The first-order valence-electron chi connectivity index (χ1n) is 7.70. The van der Waals surface area contributed by atoms with Gasteiger partial charge in [-0.3, -0.25) is 9.59 Å². The van der Waals surface area contributed by atoms with Gasteiger partial charge in [0.25, 0.3) is 0 Å². The largest absolute Gasteiger partial charge is 0.457 e. The highest BCUT2D eigenvalue weighted by atomic mass is 16.7. The molecule has 0 bridgehead atoms. The Labute approximate surface area is 130 Å². The molecule has 0 heterocycles. The maximum absolute atomic E-state index is 11.7. The molecule has 1 aliphatic carbocycles. The molecule has 0 aliphatic heterocycles. The van der Waals surface area contributed by atoms with E-state index in [2.05, 4.69) is 5.32 Å². The minimum atomic E-state index is -0.955. The zero-order valence-electron chi connectivity index (χ0n) is 13.5. The van der Waals surface area contributed by atoms with Crippen LogP contribution in [-0.4, -0.2) is 36.5 Å². The maximum atomic E-state index is 11.7. The Bertz CT molecular complexity index is 403. The van der Waals surface area contributed by atoms with E-state index in [9.17, 15) is 14.4 Å². The van der Waals surface area contributed by atoms with Crippen molar-refractivity contribution in [2.45, 2.75) is 71.2 Å². The van der Waals surface area contributed by atoms with Gasteiger partial charge in [-0.25, -0.2) is 4.79 Å². The monoisotopic (exact) mass is 315 g/mol. The van der Waals surface area contributed by atoms with Crippen molar-refractivity contribution in [2.24, 2.45) is 0 Å². The van der Waals surface area contributed by atoms with E-state index in [1.54, 1.807) is 6.92 Å². The molecule has 0 aromatic rings. The Hall–Kier alpha value is -1.79. The Morgan fingerprint density at radius 3 is 2.32 bits per heavy atom. The first-order chi connectivity index (χ1) is 10.4. The fourth-order valence-electron chi connectivity index (χ4n) is 2.53. The van der Waals surface area contributed by atoms with Crippen LogP contribution in [0.5, 0.6) is 0 Å². The summed E-state index contributed by atoms with van der Waals surface area (Å²) in [6.07, 6.45) is 2.99. The van der Waals surface area contributed by atoms with Crippen molar-refractivity contribution < 1.29 is 28.6 Å². The first kappa shape index (κ1) is 18.3. The Kier molecular flexibility index (Phi) is 7.14. The van der Waals surface area contributed by atoms with Crippen LogP contribution >= 0.6 is 0 Å². The molecule has 1 aliphatic rings. The average molecular weight is 315 g/mol. The number of amides is 1. The zero-order chi connectivity index (χ0) is 16.6. The molecule has 1 rings (SSSR count). The van der Waals surface area contributed by atoms with Gasteiger partial charge in [0, 0.05) is 20.3 Å². The van der Waals surface area contributed by atoms with E-state index < -0.39 is 24.0 Å². The van der Waals surface area contributed by atoms with E-state index in [-0.39, 0.29) is 18.9 Å². The molecule has 0 radical (unpaired) electrons. The van der Waals surface area contributed by atoms with Crippen LogP contribution in [0.4, 0.5) is 4.79 Å². The number of ether oxygens (including phenoxy) is 3. The van der Waals surface area contributed by atoms with E-state index in [0.717, 1.165) is 19.3 Å². The molecule has 1 fully saturated rings. The molecule has 1 amide bonds. The van der Waals surface area contributed by atoms with E-state index in [4.69, 9.17) is 14.2 Å². The third-order valence-corrected chi connectivity index (χ3v) is 3.54. The molecule has 0 spiro atoms. The lowest BCUT2D eigenvalue weighted by Gasteiger charge is -2.36. The number of alkyl carbamates (subject to hydrolysis) is 1. The van der Waals surface area contributed by atoms with Gasteiger partial charge in [0.2, 0.25) is 6.29 Å². The number of hydrogen-bond acceptors (Lipinski definition) is 6. The van der Waals surface area contributed by atoms with Crippen molar-refractivity contribution in [1.82, 2.24) is 5.32 Å². The van der Waals surface area contributed by atoms with Crippen molar-refractivity contribution in [3.8, 4) is 0 Å². The van der Waals surface area contributed by atoms with Crippen LogP contribution in [0.3, 0.4) is 0 Å². The van der Waals surface area contributed by atoms with E-state index >= 15 is 0 Å². The highest BCUT2D eigenvalue weighted by Gasteiger charge is 2.35. The average Bonchev–Trinajstić information content (AvgIpc) is 2.45. The van der Waals surface area contributed by atoms with E-state index in [1.807, 2.05) is 0 Å². The Morgan fingerprint density at radius 1 is 1.14 bits per heavy atom. The normalized spacial score (nSPS) is 18.0. The Morgan fingerprint density at radius 2 is 1.77 bits per heavy atom. The molecule has 0 saturated heterocycles. The summed E-state index contributed by atoms with van der Waals surface area (Å²) in [5.41, 5.74) is -0.660. The SMILES string of the molecule is CCC(=O)OC(C)OC(=O)NCC1(OC(C)=O)CCCCC1. The van der Waals surface area contributed by atoms with Gasteiger partial charge in [-0.05, 0) is 25.7 Å². The van der Waals surface area contributed by atoms with Crippen molar-refractivity contribution in [3.63, 3.8) is 0 Å². The summed E-state index contributed by atoms with van der Waals surface area (Å²) >= 11 is 0. The molecular formula is C15H25NO6. The summed E-state index contributed by atoms with van der Waals surface area (Å²) in [5, 5.41) is 2.59. The van der Waals surface area contributed by atoms with Crippen molar-refractivity contribution in [1.29, 1.82) is 0 Å². The van der Waals surface area contributed by atoms with Crippen LogP contribution in [-0.2, 0) is 23.8 Å². The lowest BCUT2D eigenvalue weighted by Crippen LogP contribution is -2.48. The van der Waals surface area contributed by atoms with Crippen LogP contribution in [0.25, 0.3) is 0 Å². The van der Waals surface area contributed by atoms with Gasteiger partial charge >= 0.3 is 18.0 Å². The van der Waals surface area contributed by atoms with Gasteiger partial charge in [0.1, 0.15) is 5.60 Å². The molecule has 126 valence electrons. The number of esters is 2. The summed E-state index contributed by atoms with van der Waals surface area (Å²) in [4.78, 5) is 34.1. The van der Waals surface area contributed by atoms with Crippen LogP contribution in [0.1, 0.15) is 59.3 Å². The highest BCUT2D eigenvalue weighted by molar-refractivity contribution is 5.70. The van der Waals surface area contributed by atoms with Crippen LogP contribution in [0, 0.1) is 0 Å². The first-order valence-corrected chi connectivity index (χ1v) is 7.70. The third-order valence-electron chi connectivity index (χ3n) is 3.54. The highest BCUT2D eigenvalue weighted by Crippen LogP contribution is 2.31. The van der Waals surface area contributed by atoms with Crippen LogP contribution in [0.2, 0.25) is 0 Å². The molecular weight excluding hydrogens is 290 g/mol. The molecule has 0 aromatic heterocycles. The molecule has 1 unspecified atom stereocenters. The summed E-state index contributed by atoms with van der Waals surface area (Å²) in [5.74, 6) is -0.800. The molecule has 22 heavy (non-hydrogen) atoms. The number of nitrogens with one attached hydrogen (secondary N) is 1. The summed E-state index contributed by atoms with van der Waals surface area (Å²) in [7, 11) is 0. The zero-order valence-corrected chi connectivity index (χ0v) is 13.5. The number of rotatable bonds is 6. The van der Waals surface area contributed by atoms with Gasteiger partial charge in [0.15, 0.2) is 0 Å². The number of carbonyl (C=O) groups excluding carboxylic acids is 3. The quantitative estimate of drug-likeness (QED) is 0.597. The predicted molar refractivity (Wildman–Crippen MR) is 77.9 cm³/mol. The lowest BCUT2D eigenvalue weighted by molar-refractivity contribution is -0.166. The molecule has 0 aromatic carbocycles. The van der Waals surface area contributed by atoms with Gasteiger partial charge in [0.05, 0.1) is 6.54 Å². The molecule has 7 heteroatoms. The second-order valence-electron chi connectivity index (χ2n) is 5.51. The van der Waals surface area contributed by atoms with Gasteiger partial charge in [-0.2, -0.15) is 0 Å². The fraction of sp³-hybridized carbons (Fsp3) is 0.800. The van der Waals surface area contributed by atoms with Crippen molar-refractivity contribution >= 4 is 18.0 Å². The van der Waals surface area contributed by atoms with Crippen LogP contribution in [0.15, 0.2) is 0 Å².